The maximum absolute atomic E-state index is 12.0. The van der Waals surface area contributed by atoms with Gasteiger partial charge in [0.1, 0.15) is 0 Å². The highest BCUT2D eigenvalue weighted by atomic mass is 35.5. The number of rotatable bonds is 6. The van der Waals surface area contributed by atoms with Crippen molar-refractivity contribution in [2.45, 2.75) is 32.9 Å². The van der Waals surface area contributed by atoms with E-state index in [0.29, 0.717) is 11.6 Å². The van der Waals surface area contributed by atoms with Crippen molar-refractivity contribution >= 4 is 23.5 Å². The fourth-order valence-corrected chi connectivity index (χ4v) is 2.34. The van der Waals surface area contributed by atoms with Gasteiger partial charge in [0.2, 0.25) is 0 Å². The molecule has 126 valence electrons. The summed E-state index contributed by atoms with van der Waals surface area (Å²) in [4.78, 5) is 23.9. The van der Waals surface area contributed by atoms with Gasteiger partial charge in [0, 0.05) is 11.6 Å². The number of esters is 1. The summed E-state index contributed by atoms with van der Waals surface area (Å²) in [5.41, 5.74) is 2.79. The summed E-state index contributed by atoms with van der Waals surface area (Å²) >= 11 is 6.04. The Hall–Kier alpha value is -2.33. The van der Waals surface area contributed by atoms with E-state index in [4.69, 9.17) is 16.3 Å². The minimum absolute atomic E-state index is 0.141. The van der Waals surface area contributed by atoms with Gasteiger partial charge >= 0.3 is 5.97 Å². The van der Waals surface area contributed by atoms with Crippen molar-refractivity contribution in [1.29, 1.82) is 0 Å². The van der Waals surface area contributed by atoms with Crippen LogP contribution in [-0.2, 0) is 27.3 Å². The summed E-state index contributed by atoms with van der Waals surface area (Å²) in [6.45, 7) is 3.82. The molecule has 4 nitrogen and oxygen atoms in total. The Kier molecular flexibility index (Phi) is 6.38. The molecule has 2 rings (SSSR count). The maximum Gasteiger partial charge on any atom is 0.311 e. The van der Waals surface area contributed by atoms with Gasteiger partial charge in [-0.05, 0) is 31.0 Å². The van der Waals surface area contributed by atoms with Crippen LogP contribution in [0.2, 0.25) is 5.02 Å². The lowest BCUT2D eigenvalue weighted by molar-refractivity contribution is -0.154. The Morgan fingerprint density at radius 3 is 2.46 bits per heavy atom. The average Bonchev–Trinajstić information content (AvgIpc) is 2.56. The van der Waals surface area contributed by atoms with Crippen LogP contribution < -0.4 is 5.32 Å². The first-order chi connectivity index (χ1) is 11.5. The molecule has 5 heteroatoms. The van der Waals surface area contributed by atoms with Crippen molar-refractivity contribution in [1.82, 2.24) is 5.32 Å². The van der Waals surface area contributed by atoms with E-state index in [-0.39, 0.29) is 12.3 Å². The van der Waals surface area contributed by atoms with E-state index in [1.54, 1.807) is 13.0 Å². The largest absolute Gasteiger partial charge is 0.452 e. The molecule has 0 saturated carbocycles. The molecule has 0 aliphatic rings. The smallest absolute Gasteiger partial charge is 0.311 e. The summed E-state index contributed by atoms with van der Waals surface area (Å²) in [7, 11) is 0. The van der Waals surface area contributed by atoms with E-state index in [2.05, 4.69) is 5.32 Å². The van der Waals surface area contributed by atoms with Gasteiger partial charge in [-0.15, -0.1) is 0 Å². The molecule has 24 heavy (non-hydrogen) atoms. The van der Waals surface area contributed by atoms with Crippen LogP contribution >= 0.6 is 11.6 Å². The van der Waals surface area contributed by atoms with Crippen LogP contribution in [0.15, 0.2) is 48.5 Å². The minimum Gasteiger partial charge on any atom is -0.452 e. The lowest BCUT2D eigenvalue weighted by Crippen LogP contribution is -2.35. The first-order valence-corrected chi connectivity index (χ1v) is 8.09. The van der Waals surface area contributed by atoms with Crippen LogP contribution in [0.1, 0.15) is 23.6 Å². The van der Waals surface area contributed by atoms with Crippen LogP contribution in [0.4, 0.5) is 0 Å². The van der Waals surface area contributed by atoms with Crippen LogP contribution in [0.5, 0.6) is 0 Å². The Morgan fingerprint density at radius 1 is 1.12 bits per heavy atom. The quantitative estimate of drug-likeness (QED) is 0.816. The van der Waals surface area contributed by atoms with Crippen molar-refractivity contribution < 1.29 is 14.3 Å². The van der Waals surface area contributed by atoms with Crippen LogP contribution in [0.3, 0.4) is 0 Å². The number of benzene rings is 2. The second-order valence-electron chi connectivity index (χ2n) is 5.60. The summed E-state index contributed by atoms with van der Waals surface area (Å²) < 4.78 is 5.18. The molecule has 0 saturated heterocycles. The van der Waals surface area contributed by atoms with Gasteiger partial charge in [-0.25, -0.2) is 0 Å². The minimum atomic E-state index is -0.856. The zero-order valence-corrected chi connectivity index (χ0v) is 14.5. The highest BCUT2D eigenvalue weighted by Crippen LogP contribution is 2.14. The highest BCUT2D eigenvalue weighted by molar-refractivity contribution is 6.31. The predicted octanol–water partition coefficient (Wildman–Crippen LogP) is 3.44. The monoisotopic (exact) mass is 345 g/mol. The van der Waals surface area contributed by atoms with Crippen LogP contribution in [0.25, 0.3) is 0 Å². The fraction of sp³-hybridized carbons (Fsp3) is 0.263. The molecule has 1 amide bonds. The van der Waals surface area contributed by atoms with E-state index < -0.39 is 12.1 Å². The average molecular weight is 346 g/mol. The molecule has 0 unspecified atom stereocenters. The summed E-state index contributed by atoms with van der Waals surface area (Å²) in [5, 5.41) is 3.30. The van der Waals surface area contributed by atoms with Crippen LogP contribution in [-0.4, -0.2) is 18.0 Å². The van der Waals surface area contributed by atoms with E-state index >= 15 is 0 Å². The topological polar surface area (TPSA) is 55.4 Å². The van der Waals surface area contributed by atoms with E-state index in [1.165, 1.54) is 0 Å². The number of hydrogen-bond donors (Lipinski definition) is 1. The van der Waals surface area contributed by atoms with Gasteiger partial charge in [-0.3, -0.25) is 9.59 Å². The van der Waals surface area contributed by atoms with Gasteiger partial charge in [0.25, 0.3) is 5.91 Å². The van der Waals surface area contributed by atoms with E-state index in [9.17, 15) is 9.59 Å². The van der Waals surface area contributed by atoms with Crippen molar-refractivity contribution in [2.75, 3.05) is 0 Å². The molecule has 0 fully saturated rings. The van der Waals surface area contributed by atoms with Crippen molar-refractivity contribution in [2.24, 2.45) is 0 Å². The van der Waals surface area contributed by atoms with Gasteiger partial charge in [-0.1, -0.05) is 59.6 Å². The van der Waals surface area contributed by atoms with Gasteiger partial charge in [0.05, 0.1) is 6.42 Å². The molecule has 0 aromatic heterocycles. The zero-order chi connectivity index (χ0) is 17.5. The SMILES string of the molecule is Cc1ccc(CC(=O)O[C@H](C)C(=O)NCc2ccccc2Cl)cc1. The number of halogens is 1. The predicted molar refractivity (Wildman–Crippen MR) is 93.7 cm³/mol. The molecule has 2 aromatic rings. The Balaban J connectivity index is 1.81. The summed E-state index contributed by atoms with van der Waals surface area (Å²) in [6.07, 6.45) is -0.715. The molecule has 0 bridgehead atoms. The molecular weight excluding hydrogens is 326 g/mol. The third kappa shape index (κ3) is 5.39. The van der Waals surface area contributed by atoms with Crippen molar-refractivity contribution in [3.05, 3.63) is 70.2 Å². The Morgan fingerprint density at radius 2 is 1.79 bits per heavy atom. The molecule has 0 heterocycles. The first kappa shape index (κ1) is 18.0. The van der Waals surface area contributed by atoms with Gasteiger partial charge in [0.15, 0.2) is 6.10 Å². The lowest BCUT2D eigenvalue weighted by Gasteiger charge is -2.14. The molecule has 0 radical (unpaired) electrons. The fourth-order valence-electron chi connectivity index (χ4n) is 2.13. The number of hydrogen-bond acceptors (Lipinski definition) is 3. The second-order valence-corrected chi connectivity index (χ2v) is 6.01. The number of ether oxygens (including phenoxy) is 1. The summed E-state index contributed by atoms with van der Waals surface area (Å²) in [5.74, 6) is -0.786. The van der Waals surface area contributed by atoms with Crippen LogP contribution in [0, 0.1) is 6.92 Å². The molecular formula is C19H20ClNO3. The Bertz CT molecular complexity index is 713. The first-order valence-electron chi connectivity index (χ1n) is 7.72. The molecule has 0 aliphatic heterocycles. The highest BCUT2D eigenvalue weighted by Gasteiger charge is 2.18. The molecule has 0 aliphatic carbocycles. The number of carbonyl (C=O) groups is 2. The van der Waals surface area contributed by atoms with Crippen molar-refractivity contribution in [3.63, 3.8) is 0 Å². The normalized spacial score (nSPS) is 11.6. The van der Waals surface area contributed by atoms with Crippen molar-refractivity contribution in [3.8, 4) is 0 Å². The zero-order valence-electron chi connectivity index (χ0n) is 13.7. The second kappa shape index (κ2) is 8.50. The Labute approximate surface area is 146 Å². The third-order valence-electron chi connectivity index (χ3n) is 3.56. The third-order valence-corrected chi connectivity index (χ3v) is 3.93. The molecule has 1 atom stereocenters. The van der Waals surface area contributed by atoms with E-state index in [0.717, 1.165) is 16.7 Å². The molecule has 0 spiro atoms. The number of aryl methyl sites for hydroxylation is 1. The summed E-state index contributed by atoms with van der Waals surface area (Å²) in [6, 6.07) is 14.9. The standard InChI is InChI=1S/C19H20ClNO3/c1-13-7-9-15(10-8-13)11-18(22)24-14(2)19(23)21-12-16-5-3-4-6-17(16)20/h3-10,14H,11-12H2,1-2H3,(H,21,23)/t14-/m1/s1. The molecule has 1 N–H and O–H groups in total. The van der Waals surface area contributed by atoms with E-state index in [1.807, 2.05) is 49.4 Å². The van der Waals surface area contributed by atoms with Gasteiger partial charge < -0.3 is 10.1 Å². The van der Waals surface area contributed by atoms with Gasteiger partial charge in [-0.2, -0.15) is 0 Å². The number of carbonyl (C=O) groups excluding carboxylic acids is 2. The molecule has 2 aromatic carbocycles. The lowest BCUT2D eigenvalue weighted by atomic mass is 10.1. The maximum atomic E-state index is 12.0. The number of nitrogens with one attached hydrogen (secondary N) is 1. The number of amides is 1.